The van der Waals surface area contributed by atoms with Crippen LogP contribution in [0, 0.1) is 0 Å². The molecule has 2 aliphatic rings. The maximum Gasteiger partial charge on any atom is 0.407 e. The molecule has 1 aromatic carbocycles. The van der Waals surface area contributed by atoms with Gasteiger partial charge in [0, 0.05) is 56.0 Å². The summed E-state index contributed by atoms with van der Waals surface area (Å²) in [6, 6.07) is 3.79. The topological polar surface area (TPSA) is 310 Å². The minimum Gasteiger partial charge on any atom is -0.447 e. The van der Waals surface area contributed by atoms with E-state index >= 15 is 0 Å². The number of amidine groups is 1. The van der Waals surface area contributed by atoms with Crippen molar-refractivity contribution >= 4 is 57.4 Å². The normalized spacial score (nSPS) is 13.5. The van der Waals surface area contributed by atoms with Crippen LogP contribution < -0.4 is 16.4 Å². The molecule has 5 amide bonds. The fourth-order valence-electron chi connectivity index (χ4n) is 5.86. The fourth-order valence-corrected chi connectivity index (χ4v) is 6.36. The number of amides is 5. The number of hydroxylamine groups is 2. The molecule has 0 unspecified atom stereocenters. The first-order chi connectivity index (χ1) is 33.9. The zero-order valence-electron chi connectivity index (χ0n) is 39.7. The van der Waals surface area contributed by atoms with E-state index in [2.05, 4.69) is 15.6 Å². The quantitative estimate of drug-likeness (QED) is 0.0294. The van der Waals surface area contributed by atoms with Gasteiger partial charge in [0.05, 0.1) is 130 Å². The molecule has 0 atom stereocenters. The summed E-state index contributed by atoms with van der Waals surface area (Å²) in [6.45, 7) is 9.27. The van der Waals surface area contributed by atoms with E-state index in [9.17, 15) is 36.9 Å². The number of fused-ring (bicyclic) bond motifs is 1. The van der Waals surface area contributed by atoms with Crippen molar-refractivity contribution in [2.45, 2.75) is 31.1 Å². The van der Waals surface area contributed by atoms with Gasteiger partial charge in [-0.1, -0.05) is 13.0 Å². The van der Waals surface area contributed by atoms with Crippen LogP contribution >= 0.6 is 0 Å². The number of alkyl carbamates (subject to hydrolysis) is 1. The van der Waals surface area contributed by atoms with Crippen molar-refractivity contribution in [3.8, 4) is 0 Å². The van der Waals surface area contributed by atoms with E-state index < -0.39 is 39.8 Å². The van der Waals surface area contributed by atoms with Crippen LogP contribution in [-0.4, -0.2) is 217 Å². The number of benzene rings is 1. The van der Waals surface area contributed by atoms with E-state index in [1.807, 2.05) is 6.92 Å². The number of nitrogens with two attached hydrogens (primary N) is 1. The van der Waals surface area contributed by atoms with E-state index in [0.29, 0.717) is 137 Å². The van der Waals surface area contributed by atoms with Gasteiger partial charge in [-0.3, -0.25) is 33.5 Å². The van der Waals surface area contributed by atoms with E-state index in [1.165, 1.54) is 24.3 Å². The van der Waals surface area contributed by atoms with Gasteiger partial charge < -0.3 is 63.7 Å². The second kappa shape index (κ2) is 36.0. The van der Waals surface area contributed by atoms with Gasteiger partial charge in [-0.2, -0.15) is 8.42 Å². The first kappa shape index (κ1) is 59.3. The summed E-state index contributed by atoms with van der Waals surface area (Å²) < 4.78 is 86.7. The molecule has 1 aromatic rings. The molecule has 2 heterocycles. The molecule has 5 N–H and O–H groups in total. The minimum atomic E-state index is -4.46. The number of imide groups is 1. The third-order valence-corrected chi connectivity index (χ3v) is 10.1. The van der Waals surface area contributed by atoms with E-state index in [1.54, 1.807) is 0 Å². The van der Waals surface area contributed by atoms with Gasteiger partial charge in [0.15, 0.2) is 0 Å². The number of aliphatic imine (C=N–C) groups is 1. The van der Waals surface area contributed by atoms with E-state index in [0.717, 1.165) is 22.1 Å². The molecular formula is C44H68N6O19S. The average molecular weight is 1020 g/mol. The van der Waals surface area contributed by atoms with Gasteiger partial charge >= 0.3 is 6.09 Å². The summed E-state index contributed by atoms with van der Waals surface area (Å²) in [4.78, 5) is 70.6. The number of carbonyl (C=O) groups excluding carboxylic acids is 5. The Morgan fingerprint density at radius 2 is 1.19 bits per heavy atom. The standard InChI is InChI=1S/C44H68N6O19S/c1-2-10-50(43(54)36-31-35-4-5-37(70(56,57)58)33-38(35)48-39(45)32-36)69-12-9-47-44(55)68-30-29-67-28-27-66-26-25-65-24-23-64-22-21-63-20-19-62-18-17-61-16-15-60-14-13-59-11-3-8-46-40(51)34-49-41(52)6-7-42(49)53/h4-7,31,33H,2-3,8-30,32,34H2,1H3,(H2,45,48)(H,46,51)(H,47,55)(H,56,57,58). The molecule has 0 saturated carbocycles. The van der Waals surface area contributed by atoms with Crippen molar-refractivity contribution in [3.63, 3.8) is 0 Å². The summed E-state index contributed by atoms with van der Waals surface area (Å²) in [5, 5.41) is 6.35. The predicted molar refractivity (Wildman–Crippen MR) is 248 cm³/mol. The highest BCUT2D eigenvalue weighted by Gasteiger charge is 2.26. The summed E-state index contributed by atoms with van der Waals surface area (Å²) in [5.41, 5.74) is 6.89. The van der Waals surface area contributed by atoms with Crippen LogP contribution in [0.1, 0.15) is 31.7 Å². The molecule has 0 bridgehead atoms. The highest BCUT2D eigenvalue weighted by Crippen LogP contribution is 2.29. The summed E-state index contributed by atoms with van der Waals surface area (Å²) >= 11 is 0. The first-order valence-electron chi connectivity index (χ1n) is 22.9. The molecule has 26 heteroatoms. The number of carbonyl (C=O) groups is 5. The minimum absolute atomic E-state index is 0.0141. The maximum atomic E-state index is 13.3. The van der Waals surface area contributed by atoms with Crippen molar-refractivity contribution in [1.82, 2.24) is 20.6 Å². The number of nitrogens with one attached hydrogen (secondary N) is 2. The van der Waals surface area contributed by atoms with Crippen LogP contribution in [0.25, 0.3) is 6.08 Å². The Morgan fingerprint density at radius 1 is 0.700 bits per heavy atom. The number of hydrogen-bond acceptors (Lipinski definition) is 20. The van der Waals surface area contributed by atoms with Gasteiger partial charge in [-0.25, -0.2) is 14.9 Å². The lowest BCUT2D eigenvalue weighted by atomic mass is 10.1. The van der Waals surface area contributed by atoms with Crippen LogP contribution in [0.4, 0.5) is 10.5 Å². The molecule has 3 rings (SSSR count). The lowest BCUT2D eigenvalue weighted by Crippen LogP contribution is -2.40. The molecule has 0 aromatic heterocycles. The van der Waals surface area contributed by atoms with Crippen molar-refractivity contribution in [1.29, 1.82) is 0 Å². The van der Waals surface area contributed by atoms with Crippen molar-refractivity contribution in [2.24, 2.45) is 10.7 Å². The Bertz CT molecular complexity index is 1940. The van der Waals surface area contributed by atoms with Gasteiger partial charge in [0.25, 0.3) is 27.8 Å². The zero-order valence-corrected chi connectivity index (χ0v) is 40.5. The van der Waals surface area contributed by atoms with E-state index in [4.69, 9.17) is 57.9 Å². The molecule has 0 radical (unpaired) electrons. The van der Waals surface area contributed by atoms with Crippen LogP contribution in [0.15, 0.2) is 45.8 Å². The number of ether oxygens (including phenoxy) is 10. The van der Waals surface area contributed by atoms with Crippen LogP contribution in [0.2, 0.25) is 0 Å². The van der Waals surface area contributed by atoms with Crippen molar-refractivity contribution in [2.75, 3.05) is 158 Å². The van der Waals surface area contributed by atoms with Gasteiger partial charge in [-0.05, 0) is 31.1 Å². The summed E-state index contributed by atoms with van der Waals surface area (Å²) in [6.07, 6.45) is 4.27. The number of nitrogens with zero attached hydrogens (tertiary/aromatic N) is 3. The largest absolute Gasteiger partial charge is 0.447 e. The Balaban J connectivity index is 1.00. The Labute approximate surface area is 407 Å². The molecule has 0 fully saturated rings. The molecule has 25 nitrogen and oxygen atoms in total. The monoisotopic (exact) mass is 1020 g/mol. The maximum absolute atomic E-state index is 13.3. The van der Waals surface area contributed by atoms with Gasteiger partial charge in [0.1, 0.15) is 19.0 Å². The Hall–Kier alpha value is -4.97. The second-order valence-electron chi connectivity index (χ2n) is 14.8. The molecular weight excluding hydrogens is 949 g/mol. The number of hydrogen-bond donors (Lipinski definition) is 4. The molecule has 0 aliphatic carbocycles. The average Bonchev–Trinajstić information content (AvgIpc) is 3.53. The molecule has 0 spiro atoms. The molecule has 0 saturated heterocycles. The van der Waals surface area contributed by atoms with Gasteiger partial charge in [0.2, 0.25) is 5.91 Å². The highest BCUT2D eigenvalue weighted by molar-refractivity contribution is 7.85. The van der Waals surface area contributed by atoms with Crippen LogP contribution in [0.5, 0.6) is 0 Å². The third-order valence-electron chi connectivity index (χ3n) is 9.24. The second-order valence-corrected chi connectivity index (χ2v) is 16.2. The van der Waals surface area contributed by atoms with Crippen molar-refractivity contribution in [3.05, 3.63) is 41.5 Å². The Kier molecular flexibility index (Phi) is 30.5. The molecule has 70 heavy (non-hydrogen) atoms. The Morgan fingerprint density at radius 3 is 1.67 bits per heavy atom. The first-order valence-corrected chi connectivity index (χ1v) is 24.3. The predicted octanol–water partition coefficient (Wildman–Crippen LogP) is 0.186. The van der Waals surface area contributed by atoms with Crippen molar-refractivity contribution < 1.29 is 89.1 Å². The molecule has 394 valence electrons. The third kappa shape index (κ3) is 26.3. The van der Waals surface area contributed by atoms with Gasteiger partial charge in [-0.15, -0.1) is 0 Å². The highest BCUT2D eigenvalue weighted by atomic mass is 32.2. The van der Waals surface area contributed by atoms with Crippen LogP contribution in [0.3, 0.4) is 0 Å². The van der Waals surface area contributed by atoms with E-state index in [-0.39, 0.29) is 67.9 Å². The lowest BCUT2D eigenvalue weighted by molar-refractivity contribution is -0.181. The summed E-state index contributed by atoms with van der Waals surface area (Å²) in [7, 11) is -4.46. The lowest BCUT2D eigenvalue weighted by Gasteiger charge is -2.22. The zero-order chi connectivity index (χ0) is 50.7. The fraction of sp³-hybridized carbons (Fsp3) is 0.636. The smallest absolute Gasteiger partial charge is 0.407 e. The SMILES string of the molecule is CCCN(OCCNC(=O)OCCOCCOCCOCCOCCOCCOCCOCCOCCOCCCNC(=O)CN1C(=O)C=CC1=O)C(=O)C1=Cc2ccc(S(=O)(=O)O)cc2N=C(N)C1. The summed E-state index contributed by atoms with van der Waals surface area (Å²) in [5.74, 6) is -1.79. The molecule has 2 aliphatic heterocycles. The van der Waals surface area contributed by atoms with Crippen LogP contribution in [-0.2, 0) is 81.5 Å². The number of rotatable bonds is 41.